The minimum Gasteiger partial charge on any atom is -0.507 e. The predicted octanol–water partition coefficient (Wildman–Crippen LogP) is 2.78. The fraction of sp³-hybridized carbons (Fsp3) is 0.364. The SMILES string of the molecule is COc1ccc(C(=O)N2C[C@H]3CC[C@@H]2CN(C(=O)c2ccccc2)C3)c(O)c1. The van der Waals surface area contributed by atoms with Gasteiger partial charge in [-0.1, -0.05) is 18.2 Å². The molecule has 1 N–H and O–H groups in total. The molecule has 3 aliphatic rings. The second-order valence-electron chi connectivity index (χ2n) is 7.51. The number of aromatic hydroxyl groups is 1. The highest BCUT2D eigenvalue weighted by Crippen LogP contribution is 2.32. The van der Waals surface area contributed by atoms with E-state index in [0.29, 0.717) is 30.9 Å². The summed E-state index contributed by atoms with van der Waals surface area (Å²) in [5.74, 6) is 0.492. The Morgan fingerprint density at radius 3 is 2.50 bits per heavy atom. The zero-order chi connectivity index (χ0) is 19.7. The summed E-state index contributed by atoms with van der Waals surface area (Å²) in [6.45, 7) is 1.78. The third kappa shape index (κ3) is 3.42. The van der Waals surface area contributed by atoms with Crippen LogP contribution in [0.5, 0.6) is 11.5 Å². The Bertz CT molecular complexity index is 883. The molecule has 5 rings (SSSR count). The molecule has 2 aromatic rings. The molecule has 0 aliphatic carbocycles. The lowest BCUT2D eigenvalue weighted by Gasteiger charge is -2.36. The monoisotopic (exact) mass is 380 g/mol. The number of amides is 2. The fourth-order valence-corrected chi connectivity index (χ4v) is 4.23. The van der Waals surface area contributed by atoms with Crippen molar-refractivity contribution in [1.29, 1.82) is 0 Å². The van der Waals surface area contributed by atoms with Crippen LogP contribution in [-0.2, 0) is 0 Å². The maximum Gasteiger partial charge on any atom is 0.257 e. The molecular formula is C22H24N2O4. The van der Waals surface area contributed by atoms with E-state index in [4.69, 9.17) is 4.74 Å². The molecular weight excluding hydrogens is 356 g/mol. The van der Waals surface area contributed by atoms with Crippen molar-refractivity contribution in [2.75, 3.05) is 26.7 Å². The number of carbonyl (C=O) groups excluding carboxylic acids is 2. The first-order valence-electron chi connectivity index (χ1n) is 9.59. The molecule has 3 saturated heterocycles. The largest absolute Gasteiger partial charge is 0.507 e. The number of phenolic OH excluding ortho intramolecular Hbond substituents is 1. The molecule has 3 fully saturated rings. The first-order chi connectivity index (χ1) is 13.6. The summed E-state index contributed by atoms with van der Waals surface area (Å²) >= 11 is 0. The Hall–Kier alpha value is -3.02. The lowest BCUT2D eigenvalue weighted by Crippen LogP contribution is -2.47. The lowest BCUT2D eigenvalue weighted by atomic mass is 9.94. The summed E-state index contributed by atoms with van der Waals surface area (Å²) in [6.07, 6.45) is 1.87. The van der Waals surface area contributed by atoms with E-state index in [9.17, 15) is 14.7 Å². The van der Waals surface area contributed by atoms with Gasteiger partial charge < -0.3 is 19.6 Å². The average Bonchev–Trinajstić information content (AvgIpc) is 3.05. The highest BCUT2D eigenvalue weighted by Gasteiger charge is 2.39. The molecule has 0 saturated carbocycles. The molecule has 0 radical (unpaired) electrons. The van der Waals surface area contributed by atoms with Gasteiger partial charge >= 0.3 is 0 Å². The van der Waals surface area contributed by atoms with Crippen LogP contribution in [0.3, 0.4) is 0 Å². The van der Waals surface area contributed by atoms with Crippen molar-refractivity contribution in [1.82, 2.24) is 9.80 Å². The number of fused-ring (bicyclic) bond motifs is 4. The Balaban J connectivity index is 1.55. The summed E-state index contributed by atoms with van der Waals surface area (Å²) in [6, 6.07) is 14.0. The molecule has 2 aromatic carbocycles. The fourth-order valence-electron chi connectivity index (χ4n) is 4.23. The van der Waals surface area contributed by atoms with Gasteiger partial charge in [0.1, 0.15) is 11.5 Å². The number of hydrogen-bond donors (Lipinski definition) is 1. The highest BCUT2D eigenvalue weighted by molar-refractivity contribution is 5.98. The third-order valence-electron chi connectivity index (χ3n) is 5.72. The van der Waals surface area contributed by atoms with Crippen LogP contribution in [0.4, 0.5) is 0 Å². The first kappa shape index (κ1) is 18.3. The lowest BCUT2D eigenvalue weighted by molar-refractivity contribution is 0.0571. The molecule has 3 aliphatic heterocycles. The number of hydrogen-bond acceptors (Lipinski definition) is 4. The van der Waals surface area contributed by atoms with Crippen LogP contribution >= 0.6 is 0 Å². The van der Waals surface area contributed by atoms with Crippen molar-refractivity contribution in [2.45, 2.75) is 18.9 Å². The van der Waals surface area contributed by atoms with E-state index in [1.165, 1.54) is 13.2 Å². The van der Waals surface area contributed by atoms with Crippen molar-refractivity contribution < 1.29 is 19.4 Å². The van der Waals surface area contributed by atoms with Gasteiger partial charge in [-0.25, -0.2) is 0 Å². The van der Waals surface area contributed by atoms with E-state index in [1.54, 1.807) is 12.1 Å². The van der Waals surface area contributed by atoms with Crippen molar-refractivity contribution in [3.8, 4) is 11.5 Å². The van der Waals surface area contributed by atoms with Crippen LogP contribution in [0.15, 0.2) is 48.5 Å². The number of piperidine rings is 1. The molecule has 146 valence electrons. The summed E-state index contributed by atoms with van der Waals surface area (Å²) in [4.78, 5) is 29.7. The zero-order valence-electron chi connectivity index (χ0n) is 15.9. The summed E-state index contributed by atoms with van der Waals surface area (Å²) < 4.78 is 5.10. The highest BCUT2D eigenvalue weighted by atomic mass is 16.5. The van der Waals surface area contributed by atoms with Gasteiger partial charge in [0.05, 0.1) is 12.7 Å². The minimum absolute atomic E-state index is 0.0130. The van der Waals surface area contributed by atoms with Gasteiger partial charge in [0.2, 0.25) is 0 Å². The number of rotatable bonds is 3. The zero-order valence-corrected chi connectivity index (χ0v) is 15.9. The Morgan fingerprint density at radius 1 is 1.00 bits per heavy atom. The van der Waals surface area contributed by atoms with Gasteiger partial charge in [0.25, 0.3) is 11.8 Å². The van der Waals surface area contributed by atoms with Crippen molar-refractivity contribution in [3.63, 3.8) is 0 Å². The predicted molar refractivity (Wildman–Crippen MR) is 105 cm³/mol. The number of phenols is 1. The van der Waals surface area contributed by atoms with Crippen LogP contribution in [0.2, 0.25) is 0 Å². The maximum atomic E-state index is 13.1. The molecule has 2 amide bonds. The summed E-state index contributed by atoms with van der Waals surface area (Å²) in [7, 11) is 1.52. The van der Waals surface area contributed by atoms with Gasteiger partial charge in [-0.05, 0) is 43.0 Å². The molecule has 6 nitrogen and oxygen atoms in total. The van der Waals surface area contributed by atoms with E-state index >= 15 is 0 Å². The number of carbonyl (C=O) groups is 2. The maximum absolute atomic E-state index is 13.1. The average molecular weight is 380 g/mol. The van der Waals surface area contributed by atoms with Crippen LogP contribution in [0.25, 0.3) is 0 Å². The molecule has 6 heteroatoms. The van der Waals surface area contributed by atoms with Crippen LogP contribution in [-0.4, -0.2) is 59.5 Å². The van der Waals surface area contributed by atoms with E-state index in [1.807, 2.05) is 40.1 Å². The standard InChI is InChI=1S/C22H24N2O4/c1-28-18-9-10-19(20(25)11-18)22(27)24-13-15-7-8-17(24)14-23(12-15)21(26)16-5-3-2-4-6-16/h2-6,9-11,15,17,25H,7-8,12-14H2,1H3/t15-,17+/m0/s1. The Kier molecular flexibility index (Phi) is 4.94. The number of ether oxygens (including phenoxy) is 1. The third-order valence-corrected chi connectivity index (χ3v) is 5.72. The Morgan fingerprint density at radius 2 is 1.79 bits per heavy atom. The normalized spacial score (nSPS) is 21.3. The van der Waals surface area contributed by atoms with Crippen LogP contribution in [0, 0.1) is 5.92 Å². The molecule has 2 bridgehead atoms. The van der Waals surface area contributed by atoms with Gasteiger partial charge in [-0.15, -0.1) is 0 Å². The second-order valence-corrected chi connectivity index (χ2v) is 7.51. The molecule has 0 aromatic heterocycles. The van der Waals surface area contributed by atoms with Crippen molar-refractivity contribution in [3.05, 3.63) is 59.7 Å². The van der Waals surface area contributed by atoms with Gasteiger partial charge in [0, 0.05) is 37.3 Å². The summed E-state index contributed by atoms with van der Waals surface area (Å²) in [5.41, 5.74) is 0.948. The topological polar surface area (TPSA) is 70.1 Å². The van der Waals surface area contributed by atoms with E-state index in [-0.39, 0.29) is 35.1 Å². The summed E-state index contributed by atoms with van der Waals surface area (Å²) in [5, 5.41) is 10.3. The smallest absolute Gasteiger partial charge is 0.257 e. The Labute approximate surface area is 164 Å². The van der Waals surface area contributed by atoms with E-state index in [2.05, 4.69) is 0 Å². The first-order valence-corrected chi connectivity index (χ1v) is 9.59. The van der Waals surface area contributed by atoms with Crippen molar-refractivity contribution in [2.24, 2.45) is 5.92 Å². The van der Waals surface area contributed by atoms with Crippen LogP contribution in [0.1, 0.15) is 33.6 Å². The van der Waals surface area contributed by atoms with E-state index < -0.39 is 0 Å². The van der Waals surface area contributed by atoms with E-state index in [0.717, 1.165) is 12.8 Å². The minimum atomic E-state index is -0.191. The molecule has 0 unspecified atom stereocenters. The van der Waals surface area contributed by atoms with Gasteiger partial charge in [0.15, 0.2) is 0 Å². The van der Waals surface area contributed by atoms with Crippen LogP contribution < -0.4 is 4.74 Å². The quantitative estimate of drug-likeness (QED) is 0.889. The number of benzene rings is 2. The molecule has 3 heterocycles. The van der Waals surface area contributed by atoms with Gasteiger partial charge in [-0.3, -0.25) is 9.59 Å². The van der Waals surface area contributed by atoms with Crippen molar-refractivity contribution >= 4 is 11.8 Å². The number of nitrogens with zero attached hydrogens (tertiary/aromatic N) is 2. The second kappa shape index (κ2) is 7.54. The molecule has 0 spiro atoms. The molecule has 2 atom stereocenters. The number of methoxy groups -OCH3 is 1. The van der Waals surface area contributed by atoms with Gasteiger partial charge in [-0.2, -0.15) is 0 Å². The molecule has 28 heavy (non-hydrogen) atoms.